The van der Waals surface area contributed by atoms with Crippen LogP contribution in [0, 0.1) is 5.92 Å². The van der Waals surface area contributed by atoms with E-state index in [-0.39, 0.29) is 0 Å². The van der Waals surface area contributed by atoms with Crippen molar-refractivity contribution in [3.05, 3.63) is 0 Å². The summed E-state index contributed by atoms with van der Waals surface area (Å²) in [4.78, 5) is 2.51. The van der Waals surface area contributed by atoms with Crippen LogP contribution in [0.1, 0.15) is 40.0 Å². The number of rotatable bonds is 6. The largest absolute Gasteiger partial charge is 0.377 e. The van der Waals surface area contributed by atoms with E-state index >= 15 is 0 Å². The zero-order chi connectivity index (χ0) is 12.0. The molecule has 2 N–H and O–H groups in total. The van der Waals surface area contributed by atoms with Crippen molar-refractivity contribution in [2.24, 2.45) is 11.7 Å². The average Bonchev–Trinajstić information content (AvgIpc) is 2.29. The van der Waals surface area contributed by atoms with Crippen LogP contribution in [0.25, 0.3) is 0 Å². The zero-order valence-electron chi connectivity index (χ0n) is 11.1. The van der Waals surface area contributed by atoms with Crippen molar-refractivity contribution in [1.82, 2.24) is 4.90 Å². The van der Waals surface area contributed by atoms with E-state index in [1.807, 2.05) is 0 Å². The predicted molar refractivity (Wildman–Crippen MR) is 68.5 cm³/mol. The molecule has 0 amide bonds. The summed E-state index contributed by atoms with van der Waals surface area (Å²) < 4.78 is 5.61. The van der Waals surface area contributed by atoms with Crippen LogP contribution in [-0.4, -0.2) is 43.3 Å². The molecule has 0 radical (unpaired) electrons. The zero-order valence-corrected chi connectivity index (χ0v) is 11.1. The van der Waals surface area contributed by atoms with Gasteiger partial charge in [0.2, 0.25) is 0 Å². The van der Waals surface area contributed by atoms with Crippen molar-refractivity contribution in [1.29, 1.82) is 0 Å². The smallest absolute Gasteiger partial charge is 0.0597 e. The molecule has 2 unspecified atom stereocenters. The fraction of sp³-hybridized carbons (Fsp3) is 1.00. The number of ether oxygens (including phenoxy) is 1. The van der Waals surface area contributed by atoms with Crippen molar-refractivity contribution in [3.8, 4) is 0 Å². The molecule has 1 saturated heterocycles. The van der Waals surface area contributed by atoms with E-state index in [9.17, 15) is 0 Å². The molecule has 16 heavy (non-hydrogen) atoms. The van der Waals surface area contributed by atoms with E-state index in [0.29, 0.717) is 12.1 Å². The minimum absolute atomic E-state index is 0.338. The van der Waals surface area contributed by atoms with E-state index in [1.165, 1.54) is 25.8 Å². The molecule has 0 aromatic rings. The second-order valence-electron chi connectivity index (χ2n) is 5.14. The van der Waals surface area contributed by atoms with Crippen molar-refractivity contribution < 1.29 is 4.74 Å². The Labute approximate surface area is 100 Å². The van der Waals surface area contributed by atoms with Crippen LogP contribution in [0.4, 0.5) is 0 Å². The van der Waals surface area contributed by atoms with Gasteiger partial charge in [0, 0.05) is 19.1 Å². The summed E-state index contributed by atoms with van der Waals surface area (Å²) in [7, 11) is 0. The SMILES string of the molecule is CCC1CCN(CCOC(C)C)C(CN)C1. The summed E-state index contributed by atoms with van der Waals surface area (Å²) in [5.74, 6) is 0.885. The van der Waals surface area contributed by atoms with Crippen molar-refractivity contribution in [2.75, 3.05) is 26.2 Å². The molecule has 0 spiro atoms. The van der Waals surface area contributed by atoms with Gasteiger partial charge in [0.25, 0.3) is 0 Å². The Morgan fingerprint density at radius 1 is 1.44 bits per heavy atom. The molecule has 0 bridgehead atoms. The molecular weight excluding hydrogens is 200 g/mol. The Kier molecular flexibility index (Phi) is 6.32. The Morgan fingerprint density at radius 3 is 2.75 bits per heavy atom. The van der Waals surface area contributed by atoms with Gasteiger partial charge >= 0.3 is 0 Å². The molecule has 1 aliphatic rings. The van der Waals surface area contributed by atoms with Crippen LogP contribution in [0.2, 0.25) is 0 Å². The van der Waals surface area contributed by atoms with Gasteiger partial charge < -0.3 is 10.5 Å². The highest BCUT2D eigenvalue weighted by Crippen LogP contribution is 2.24. The third-order valence-electron chi connectivity index (χ3n) is 3.63. The van der Waals surface area contributed by atoms with Crippen molar-refractivity contribution >= 4 is 0 Å². The second kappa shape index (κ2) is 7.25. The van der Waals surface area contributed by atoms with Crippen LogP contribution < -0.4 is 5.73 Å². The predicted octanol–water partition coefficient (Wildman–Crippen LogP) is 1.86. The molecule has 0 aromatic carbocycles. The summed E-state index contributed by atoms with van der Waals surface area (Å²) in [5, 5.41) is 0. The van der Waals surface area contributed by atoms with Gasteiger partial charge in [-0.15, -0.1) is 0 Å². The highest BCUT2D eigenvalue weighted by Gasteiger charge is 2.26. The minimum Gasteiger partial charge on any atom is -0.377 e. The third kappa shape index (κ3) is 4.40. The number of piperidine rings is 1. The maximum absolute atomic E-state index is 5.86. The molecule has 1 heterocycles. The fourth-order valence-corrected chi connectivity index (χ4v) is 2.50. The van der Waals surface area contributed by atoms with Crippen molar-refractivity contribution in [3.63, 3.8) is 0 Å². The molecule has 1 aliphatic heterocycles. The van der Waals surface area contributed by atoms with Gasteiger partial charge in [-0.25, -0.2) is 0 Å². The lowest BCUT2D eigenvalue weighted by atomic mass is 9.89. The molecule has 1 rings (SSSR count). The lowest BCUT2D eigenvalue weighted by Gasteiger charge is -2.38. The topological polar surface area (TPSA) is 38.5 Å². The van der Waals surface area contributed by atoms with E-state index in [2.05, 4.69) is 25.7 Å². The average molecular weight is 228 g/mol. The van der Waals surface area contributed by atoms with E-state index in [1.54, 1.807) is 0 Å². The van der Waals surface area contributed by atoms with Crippen molar-refractivity contribution in [2.45, 2.75) is 52.2 Å². The molecule has 1 fully saturated rings. The molecule has 3 heteroatoms. The molecule has 96 valence electrons. The first-order valence-electron chi connectivity index (χ1n) is 6.73. The standard InChI is InChI=1S/C13H28N2O/c1-4-12-5-6-15(13(9-12)10-14)7-8-16-11(2)3/h11-13H,4-10,14H2,1-3H3. The number of hydrogen-bond donors (Lipinski definition) is 1. The quantitative estimate of drug-likeness (QED) is 0.754. The lowest BCUT2D eigenvalue weighted by Crippen LogP contribution is -2.47. The summed E-state index contributed by atoms with van der Waals surface area (Å²) >= 11 is 0. The molecule has 0 aromatic heterocycles. The first-order valence-corrected chi connectivity index (χ1v) is 6.73. The highest BCUT2D eigenvalue weighted by molar-refractivity contribution is 4.81. The summed E-state index contributed by atoms with van der Waals surface area (Å²) in [6, 6.07) is 0.578. The maximum Gasteiger partial charge on any atom is 0.0597 e. The Hall–Kier alpha value is -0.120. The van der Waals surface area contributed by atoms with Gasteiger partial charge in [0.05, 0.1) is 12.7 Å². The lowest BCUT2D eigenvalue weighted by molar-refractivity contribution is 0.0333. The molecular formula is C13H28N2O. The van der Waals surface area contributed by atoms with Gasteiger partial charge in [-0.3, -0.25) is 4.90 Å². The number of nitrogens with zero attached hydrogens (tertiary/aromatic N) is 1. The highest BCUT2D eigenvalue weighted by atomic mass is 16.5. The number of likely N-dealkylation sites (tertiary alicyclic amines) is 1. The Balaban J connectivity index is 2.29. The van der Waals surface area contributed by atoms with Gasteiger partial charge in [0.15, 0.2) is 0 Å². The first kappa shape index (κ1) is 13.9. The van der Waals surface area contributed by atoms with E-state index < -0.39 is 0 Å². The monoisotopic (exact) mass is 228 g/mol. The summed E-state index contributed by atoms with van der Waals surface area (Å²) in [5.41, 5.74) is 5.86. The van der Waals surface area contributed by atoms with Gasteiger partial charge in [-0.2, -0.15) is 0 Å². The molecule has 3 nitrogen and oxygen atoms in total. The Morgan fingerprint density at radius 2 is 2.19 bits per heavy atom. The van der Waals surface area contributed by atoms with Crippen LogP contribution >= 0.6 is 0 Å². The van der Waals surface area contributed by atoms with Crippen LogP contribution in [0.3, 0.4) is 0 Å². The number of nitrogens with two attached hydrogens (primary N) is 1. The van der Waals surface area contributed by atoms with Gasteiger partial charge in [0.1, 0.15) is 0 Å². The normalized spacial score (nSPS) is 27.6. The maximum atomic E-state index is 5.86. The summed E-state index contributed by atoms with van der Waals surface area (Å²) in [6.45, 7) is 10.3. The minimum atomic E-state index is 0.338. The van der Waals surface area contributed by atoms with Gasteiger partial charge in [-0.1, -0.05) is 13.3 Å². The molecule has 0 aliphatic carbocycles. The third-order valence-corrected chi connectivity index (χ3v) is 3.63. The van der Waals surface area contributed by atoms with E-state index in [4.69, 9.17) is 10.5 Å². The van der Waals surface area contributed by atoms with Crippen LogP contribution in [0.15, 0.2) is 0 Å². The van der Waals surface area contributed by atoms with E-state index in [0.717, 1.165) is 25.6 Å². The summed E-state index contributed by atoms with van der Waals surface area (Å²) in [6.07, 6.45) is 4.24. The van der Waals surface area contributed by atoms with Gasteiger partial charge in [-0.05, 0) is 39.2 Å². The number of hydrogen-bond acceptors (Lipinski definition) is 3. The molecule has 0 saturated carbocycles. The Bertz CT molecular complexity index is 185. The fourth-order valence-electron chi connectivity index (χ4n) is 2.50. The van der Waals surface area contributed by atoms with Crippen LogP contribution in [0.5, 0.6) is 0 Å². The second-order valence-corrected chi connectivity index (χ2v) is 5.14. The first-order chi connectivity index (χ1) is 7.67. The van der Waals surface area contributed by atoms with Crippen LogP contribution in [-0.2, 0) is 4.74 Å². The molecule has 2 atom stereocenters.